The molecular weight excluding hydrogens is 154 g/mol. The Hall–Kier alpha value is -1.45. The molecule has 1 amide bonds. The molecule has 4 heteroatoms. The van der Waals surface area contributed by atoms with Crippen molar-refractivity contribution < 1.29 is 4.79 Å². The second kappa shape index (κ2) is 2.27. The van der Waals surface area contributed by atoms with Crippen molar-refractivity contribution in [3.05, 3.63) is 17.8 Å². The van der Waals surface area contributed by atoms with Crippen molar-refractivity contribution in [2.24, 2.45) is 0 Å². The third-order valence-electron chi connectivity index (χ3n) is 2.24. The molecule has 1 aliphatic rings. The van der Waals surface area contributed by atoms with Crippen molar-refractivity contribution in [3.8, 4) is 0 Å². The van der Waals surface area contributed by atoms with Gasteiger partial charge in [-0.05, 0) is 12.1 Å². The summed E-state index contributed by atoms with van der Waals surface area (Å²) in [6.45, 7) is 1.54. The first-order valence-corrected chi connectivity index (χ1v) is 3.90. The number of hydrogen-bond donors (Lipinski definition) is 1. The number of nitrogens with zero attached hydrogens (tertiary/aromatic N) is 2. The molecule has 1 aromatic heterocycles. The van der Waals surface area contributed by atoms with Gasteiger partial charge in [0.15, 0.2) is 0 Å². The molecule has 0 bridgehead atoms. The van der Waals surface area contributed by atoms with Gasteiger partial charge in [0, 0.05) is 20.1 Å². The van der Waals surface area contributed by atoms with E-state index < -0.39 is 0 Å². The van der Waals surface area contributed by atoms with Crippen LogP contribution in [0.5, 0.6) is 0 Å². The monoisotopic (exact) mass is 165 g/mol. The summed E-state index contributed by atoms with van der Waals surface area (Å²) in [6, 6.07) is 3.54. The van der Waals surface area contributed by atoms with Gasteiger partial charge in [-0.25, -0.2) is 0 Å². The van der Waals surface area contributed by atoms with Crippen LogP contribution < -0.4 is 5.73 Å². The standard InChI is InChI=1S/C8H11N3O/c1-10-4-5-11-6(8(10)12)2-3-7(11)9/h2-3H,4-5,9H2,1H3. The Morgan fingerprint density at radius 2 is 2.17 bits per heavy atom. The fourth-order valence-corrected chi connectivity index (χ4v) is 1.47. The predicted octanol–water partition coefficient (Wildman–Crippen LogP) is 0.156. The first-order chi connectivity index (χ1) is 5.70. The van der Waals surface area contributed by atoms with Crippen LogP contribution in [-0.2, 0) is 6.54 Å². The minimum absolute atomic E-state index is 0.0537. The summed E-state index contributed by atoms with van der Waals surface area (Å²) in [6.07, 6.45) is 0. The zero-order chi connectivity index (χ0) is 8.72. The molecule has 2 rings (SSSR count). The van der Waals surface area contributed by atoms with Gasteiger partial charge in [0.2, 0.25) is 0 Å². The maximum atomic E-state index is 11.5. The second-order valence-corrected chi connectivity index (χ2v) is 3.02. The van der Waals surface area contributed by atoms with Crippen LogP contribution in [0.3, 0.4) is 0 Å². The largest absolute Gasteiger partial charge is 0.385 e. The fraction of sp³-hybridized carbons (Fsp3) is 0.375. The molecule has 0 unspecified atom stereocenters. The maximum absolute atomic E-state index is 11.5. The molecular formula is C8H11N3O. The van der Waals surface area contributed by atoms with E-state index in [2.05, 4.69) is 0 Å². The molecule has 1 aromatic rings. The Morgan fingerprint density at radius 3 is 2.92 bits per heavy atom. The van der Waals surface area contributed by atoms with Crippen LogP contribution >= 0.6 is 0 Å². The average molecular weight is 165 g/mol. The van der Waals surface area contributed by atoms with Gasteiger partial charge in [-0.1, -0.05) is 0 Å². The van der Waals surface area contributed by atoms with Crippen LogP contribution in [0.2, 0.25) is 0 Å². The van der Waals surface area contributed by atoms with E-state index in [0.29, 0.717) is 11.5 Å². The third-order valence-corrected chi connectivity index (χ3v) is 2.24. The topological polar surface area (TPSA) is 51.3 Å². The molecule has 0 fully saturated rings. The smallest absolute Gasteiger partial charge is 0.270 e. The number of amides is 1. The number of rotatable bonds is 0. The zero-order valence-corrected chi connectivity index (χ0v) is 6.95. The Kier molecular flexibility index (Phi) is 1.36. The molecule has 12 heavy (non-hydrogen) atoms. The molecule has 64 valence electrons. The van der Waals surface area contributed by atoms with Gasteiger partial charge in [-0.3, -0.25) is 4.79 Å². The molecule has 2 N–H and O–H groups in total. The summed E-state index contributed by atoms with van der Waals surface area (Å²) in [7, 11) is 1.80. The van der Waals surface area contributed by atoms with Gasteiger partial charge in [0.05, 0.1) is 0 Å². The fourth-order valence-electron chi connectivity index (χ4n) is 1.47. The van der Waals surface area contributed by atoms with Gasteiger partial charge in [0.1, 0.15) is 11.5 Å². The average Bonchev–Trinajstić information content (AvgIpc) is 2.41. The molecule has 1 aliphatic heterocycles. The SMILES string of the molecule is CN1CCn2c(N)ccc2C1=O. The Morgan fingerprint density at radius 1 is 1.42 bits per heavy atom. The van der Waals surface area contributed by atoms with E-state index in [4.69, 9.17) is 5.73 Å². The summed E-state index contributed by atoms with van der Waals surface area (Å²) in [5.74, 6) is 0.726. The number of fused-ring (bicyclic) bond motifs is 1. The predicted molar refractivity (Wildman–Crippen MR) is 45.8 cm³/mol. The molecule has 0 saturated carbocycles. The summed E-state index contributed by atoms with van der Waals surface area (Å²) in [5.41, 5.74) is 6.36. The first-order valence-electron chi connectivity index (χ1n) is 3.90. The number of nitrogen functional groups attached to an aromatic ring is 1. The van der Waals surface area contributed by atoms with Crippen LogP contribution in [0.1, 0.15) is 10.5 Å². The molecule has 2 heterocycles. The number of hydrogen-bond acceptors (Lipinski definition) is 2. The Labute approximate surface area is 70.6 Å². The van der Waals surface area contributed by atoms with Gasteiger partial charge < -0.3 is 15.2 Å². The van der Waals surface area contributed by atoms with Crippen LogP contribution in [0.25, 0.3) is 0 Å². The van der Waals surface area contributed by atoms with Crippen LogP contribution in [0, 0.1) is 0 Å². The van der Waals surface area contributed by atoms with Crippen molar-refractivity contribution in [2.75, 3.05) is 19.3 Å². The maximum Gasteiger partial charge on any atom is 0.270 e. The van der Waals surface area contributed by atoms with E-state index in [1.165, 1.54) is 0 Å². The lowest BCUT2D eigenvalue weighted by Crippen LogP contribution is -2.37. The van der Waals surface area contributed by atoms with Crippen molar-refractivity contribution in [1.82, 2.24) is 9.47 Å². The second-order valence-electron chi connectivity index (χ2n) is 3.02. The highest BCUT2D eigenvalue weighted by atomic mass is 16.2. The Bertz CT molecular complexity index is 329. The number of carbonyl (C=O) groups excluding carboxylic acids is 1. The molecule has 4 nitrogen and oxygen atoms in total. The molecule has 0 radical (unpaired) electrons. The summed E-state index contributed by atoms with van der Waals surface area (Å²) >= 11 is 0. The highest BCUT2D eigenvalue weighted by Gasteiger charge is 2.22. The lowest BCUT2D eigenvalue weighted by molar-refractivity contribution is 0.0750. The highest BCUT2D eigenvalue weighted by Crippen LogP contribution is 2.16. The summed E-state index contributed by atoms with van der Waals surface area (Å²) in [5, 5.41) is 0. The quantitative estimate of drug-likeness (QED) is 0.595. The zero-order valence-electron chi connectivity index (χ0n) is 6.95. The summed E-state index contributed by atoms with van der Waals surface area (Å²) < 4.78 is 1.85. The molecule has 0 spiro atoms. The van der Waals surface area contributed by atoms with E-state index in [1.54, 1.807) is 24.1 Å². The molecule has 0 saturated heterocycles. The molecule has 0 aliphatic carbocycles. The number of carbonyl (C=O) groups is 1. The highest BCUT2D eigenvalue weighted by molar-refractivity contribution is 5.94. The van der Waals surface area contributed by atoms with Crippen molar-refractivity contribution in [3.63, 3.8) is 0 Å². The number of likely N-dealkylation sites (N-methyl/N-ethyl adjacent to an activating group) is 1. The van der Waals surface area contributed by atoms with Crippen molar-refractivity contribution >= 4 is 11.7 Å². The minimum Gasteiger partial charge on any atom is -0.385 e. The number of nitrogens with two attached hydrogens (primary N) is 1. The van der Waals surface area contributed by atoms with E-state index >= 15 is 0 Å². The molecule has 0 atom stereocenters. The number of aromatic nitrogens is 1. The normalized spacial score (nSPS) is 16.4. The minimum atomic E-state index is 0.0537. The van der Waals surface area contributed by atoms with E-state index in [-0.39, 0.29) is 5.91 Å². The van der Waals surface area contributed by atoms with E-state index in [0.717, 1.165) is 13.1 Å². The van der Waals surface area contributed by atoms with Crippen LogP contribution in [0.4, 0.5) is 5.82 Å². The van der Waals surface area contributed by atoms with Crippen LogP contribution in [-0.4, -0.2) is 29.0 Å². The lowest BCUT2D eigenvalue weighted by Gasteiger charge is -2.24. The van der Waals surface area contributed by atoms with Crippen LogP contribution in [0.15, 0.2) is 12.1 Å². The lowest BCUT2D eigenvalue weighted by atomic mass is 10.3. The van der Waals surface area contributed by atoms with Crippen molar-refractivity contribution in [1.29, 1.82) is 0 Å². The third kappa shape index (κ3) is 0.809. The van der Waals surface area contributed by atoms with Crippen molar-refractivity contribution in [2.45, 2.75) is 6.54 Å². The first kappa shape index (κ1) is 7.21. The Balaban J connectivity index is 2.50. The van der Waals surface area contributed by atoms with Gasteiger partial charge >= 0.3 is 0 Å². The number of anilines is 1. The summed E-state index contributed by atoms with van der Waals surface area (Å²) in [4.78, 5) is 13.2. The van der Waals surface area contributed by atoms with E-state index in [1.807, 2.05) is 4.57 Å². The molecule has 0 aromatic carbocycles. The van der Waals surface area contributed by atoms with Gasteiger partial charge in [-0.15, -0.1) is 0 Å². The van der Waals surface area contributed by atoms with Gasteiger partial charge in [0.25, 0.3) is 5.91 Å². The van der Waals surface area contributed by atoms with Gasteiger partial charge in [-0.2, -0.15) is 0 Å². The van der Waals surface area contributed by atoms with E-state index in [9.17, 15) is 4.79 Å².